The van der Waals surface area contributed by atoms with Crippen molar-refractivity contribution in [3.05, 3.63) is 11.4 Å². The monoisotopic (exact) mass is 277 g/mol. The van der Waals surface area contributed by atoms with Crippen molar-refractivity contribution in [3.8, 4) is 0 Å². The summed E-state index contributed by atoms with van der Waals surface area (Å²) in [6.07, 6.45) is 4.55. The van der Waals surface area contributed by atoms with Gasteiger partial charge in [0.05, 0.1) is 5.69 Å². The maximum absolute atomic E-state index is 11.2. The van der Waals surface area contributed by atoms with Crippen LogP contribution in [0.2, 0.25) is 0 Å². The molecule has 0 aromatic carbocycles. The molecule has 0 amide bonds. The van der Waals surface area contributed by atoms with Crippen molar-refractivity contribution in [2.45, 2.75) is 50.8 Å². The van der Waals surface area contributed by atoms with E-state index in [2.05, 4.69) is 10.3 Å². The topological polar surface area (TPSA) is 64.8 Å². The van der Waals surface area contributed by atoms with Crippen molar-refractivity contribution in [2.24, 2.45) is 0 Å². The zero-order valence-corrected chi connectivity index (χ0v) is 11.3. The lowest BCUT2D eigenvalue weighted by atomic mass is 10.0. The van der Waals surface area contributed by atoms with Crippen LogP contribution in [-0.2, 0) is 21.3 Å². The molecule has 0 atom stereocenters. The van der Waals surface area contributed by atoms with E-state index in [-0.39, 0.29) is 5.75 Å². The molecule has 0 bridgehead atoms. The van der Waals surface area contributed by atoms with Crippen molar-refractivity contribution in [1.82, 2.24) is 15.0 Å². The summed E-state index contributed by atoms with van der Waals surface area (Å²) in [5.74, 6) is 0.166. The van der Waals surface area contributed by atoms with Gasteiger partial charge >= 0.3 is 0 Å². The molecule has 5 nitrogen and oxygen atoms in total. The quantitative estimate of drug-likeness (QED) is 0.790. The Bertz CT molecular complexity index is 492. The van der Waals surface area contributed by atoms with Crippen LogP contribution in [0.4, 0.5) is 0 Å². The zero-order valence-electron chi connectivity index (χ0n) is 9.76. The van der Waals surface area contributed by atoms with Crippen molar-refractivity contribution >= 4 is 19.7 Å². The largest absolute Gasteiger partial charge is 0.249 e. The molecule has 1 saturated carbocycles. The Morgan fingerprint density at radius 1 is 1.41 bits per heavy atom. The SMILES string of the molecule is CCn1nnc(CS(=O)(=O)Cl)c1C1CCCC1. The highest BCUT2D eigenvalue weighted by Gasteiger charge is 2.27. The van der Waals surface area contributed by atoms with Gasteiger partial charge in [-0.3, -0.25) is 0 Å². The first-order valence-electron chi connectivity index (χ1n) is 5.86. The van der Waals surface area contributed by atoms with E-state index in [1.165, 1.54) is 12.8 Å². The van der Waals surface area contributed by atoms with E-state index in [1.54, 1.807) is 4.68 Å². The first kappa shape index (κ1) is 12.8. The van der Waals surface area contributed by atoms with Gasteiger partial charge in [0, 0.05) is 23.1 Å². The molecule has 0 unspecified atom stereocenters. The fraction of sp³-hybridized carbons (Fsp3) is 0.800. The summed E-state index contributed by atoms with van der Waals surface area (Å²) in [4.78, 5) is 0. The molecule has 1 fully saturated rings. The number of rotatable bonds is 4. The van der Waals surface area contributed by atoms with Crippen molar-refractivity contribution in [1.29, 1.82) is 0 Å². The molecule has 1 aromatic rings. The third kappa shape index (κ3) is 2.98. The summed E-state index contributed by atoms with van der Waals surface area (Å²) >= 11 is 0. The number of hydrogen-bond donors (Lipinski definition) is 0. The smallest absolute Gasteiger partial charge is 0.238 e. The van der Waals surface area contributed by atoms with Crippen LogP contribution in [0.25, 0.3) is 0 Å². The summed E-state index contributed by atoms with van der Waals surface area (Å²) in [5.41, 5.74) is 1.49. The Hall–Kier alpha value is -0.620. The van der Waals surface area contributed by atoms with Crippen LogP contribution < -0.4 is 0 Å². The van der Waals surface area contributed by atoms with Gasteiger partial charge in [0.15, 0.2) is 0 Å². The number of aromatic nitrogens is 3. The lowest BCUT2D eigenvalue weighted by molar-refractivity contribution is 0.555. The Labute approximate surface area is 106 Å². The molecule has 0 aliphatic heterocycles. The van der Waals surface area contributed by atoms with Crippen LogP contribution >= 0.6 is 10.7 Å². The van der Waals surface area contributed by atoms with Crippen molar-refractivity contribution in [3.63, 3.8) is 0 Å². The molecule has 2 rings (SSSR count). The normalized spacial score (nSPS) is 17.8. The fourth-order valence-corrected chi connectivity index (χ4v) is 3.34. The maximum Gasteiger partial charge on any atom is 0.238 e. The van der Waals surface area contributed by atoms with Gasteiger partial charge in [-0.2, -0.15) is 0 Å². The predicted molar refractivity (Wildman–Crippen MR) is 65.4 cm³/mol. The van der Waals surface area contributed by atoms with Crippen molar-refractivity contribution < 1.29 is 8.42 Å². The van der Waals surface area contributed by atoms with E-state index >= 15 is 0 Å². The highest BCUT2D eigenvalue weighted by molar-refractivity contribution is 8.13. The van der Waals surface area contributed by atoms with Gasteiger partial charge in [-0.1, -0.05) is 18.1 Å². The highest BCUT2D eigenvalue weighted by atomic mass is 35.7. The summed E-state index contributed by atoms with van der Waals surface area (Å²) < 4.78 is 24.1. The predicted octanol–water partition coefficient (Wildman–Crippen LogP) is 2.02. The van der Waals surface area contributed by atoms with Crippen LogP contribution in [0, 0.1) is 0 Å². The van der Waals surface area contributed by atoms with Gasteiger partial charge < -0.3 is 0 Å². The minimum Gasteiger partial charge on any atom is -0.249 e. The second-order valence-electron chi connectivity index (χ2n) is 4.40. The minimum atomic E-state index is -3.57. The minimum absolute atomic E-state index is 0.222. The summed E-state index contributed by atoms with van der Waals surface area (Å²) in [6, 6.07) is 0. The first-order chi connectivity index (χ1) is 8.01. The van der Waals surface area contributed by atoms with Crippen LogP contribution in [0.15, 0.2) is 0 Å². The lowest BCUT2D eigenvalue weighted by Crippen LogP contribution is -2.09. The summed E-state index contributed by atoms with van der Waals surface area (Å²) in [5, 5.41) is 7.97. The Morgan fingerprint density at radius 2 is 2.06 bits per heavy atom. The Kier molecular flexibility index (Phi) is 3.73. The molecule has 1 heterocycles. The lowest BCUT2D eigenvalue weighted by Gasteiger charge is -2.12. The molecule has 0 N–H and O–H groups in total. The molecule has 0 saturated heterocycles. The molecule has 1 aliphatic carbocycles. The first-order valence-corrected chi connectivity index (χ1v) is 8.33. The molecule has 7 heteroatoms. The van der Waals surface area contributed by atoms with Crippen molar-refractivity contribution in [2.75, 3.05) is 0 Å². The van der Waals surface area contributed by atoms with Gasteiger partial charge in [0.25, 0.3) is 0 Å². The van der Waals surface area contributed by atoms with Gasteiger partial charge in [0.1, 0.15) is 11.4 Å². The maximum atomic E-state index is 11.2. The molecule has 1 aromatic heterocycles. The van der Waals surface area contributed by atoms with Gasteiger partial charge in [0.2, 0.25) is 9.05 Å². The number of halogens is 1. The number of hydrogen-bond acceptors (Lipinski definition) is 4. The average molecular weight is 278 g/mol. The Balaban J connectivity index is 2.35. The summed E-state index contributed by atoms with van der Waals surface area (Å²) in [6.45, 7) is 2.69. The second kappa shape index (κ2) is 4.94. The third-order valence-electron chi connectivity index (χ3n) is 3.20. The molecule has 0 spiro atoms. The van der Waals surface area contributed by atoms with E-state index in [0.29, 0.717) is 18.2 Å². The Morgan fingerprint density at radius 3 is 2.59 bits per heavy atom. The molecular formula is C10H16ClN3O2S. The van der Waals surface area contributed by atoms with E-state index in [4.69, 9.17) is 10.7 Å². The van der Waals surface area contributed by atoms with Crippen LogP contribution in [-0.4, -0.2) is 23.4 Å². The van der Waals surface area contributed by atoms with E-state index in [1.807, 2.05) is 6.92 Å². The number of nitrogens with zero attached hydrogens (tertiary/aromatic N) is 3. The second-order valence-corrected chi connectivity index (χ2v) is 7.18. The van der Waals surface area contributed by atoms with E-state index < -0.39 is 9.05 Å². The molecule has 17 heavy (non-hydrogen) atoms. The van der Waals surface area contributed by atoms with E-state index in [0.717, 1.165) is 18.5 Å². The fourth-order valence-electron chi connectivity index (χ4n) is 2.50. The molecule has 1 aliphatic rings. The average Bonchev–Trinajstić information content (AvgIpc) is 2.82. The molecule has 0 radical (unpaired) electrons. The van der Waals surface area contributed by atoms with Gasteiger partial charge in [-0.15, -0.1) is 5.10 Å². The third-order valence-corrected chi connectivity index (χ3v) is 4.14. The van der Waals surface area contributed by atoms with Crippen LogP contribution in [0.1, 0.15) is 49.9 Å². The molecule has 96 valence electrons. The standard InChI is InChI=1S/C10H16ClN3O2S/c1-2-14-10(8-5-3-4-6-8)9(12-13-14)7-17(11,15)16/h8H,2-7H2,1H3. The summed E-state index contributed by atoms with van der Waals surface area (Å²) in [7, 11) is 1.73. The van der Waals surface area contributed by atoms with Gasteiger partial charge in [-0.05, 0) is 19.8 Å². The van der Waals surface area contributed by atoms with Gasteiger partial charge in [-0.25, -0.2) is 13.1 Å². The highest BCUT2D eigenvalue weighted by Crippen LogP contribution is 2.35. The molecular weight excluding hydrogens is 262 g/mol. The van der Waals surface area contributed by atoms with E-state index in [9.17, 15) is 8.42 Å². The van der Waals surface area contributed by atoms with Crippen LogP contribution in [0.5, 0.6) is 0 Å². The van der Waals surface area contributed by atoms with Crippen LogP contribution in [0.3, 0.4) is 0 Å². The number of aryl methyl sites for hydroxylation is 1. The zero-order chi connectivity index (χ0) is 12.5.